The van der Waals surface area contributed by atoms with Crippen molar-refractivity contribution in [1.29, 1.82) is 5.26 Å². The smallest absolute Gasteiger partial charge is 0.142 e. The van der Waals surface area contributed by atoms with E-state index >= 15 is 0 Å². The van der Waals surface area contributed by atoms with E-state index in [4.69, 9.17) is 11.0 Å². The fourth-order valence-corrected chi connectivity index (χ4v) is 2.25. The Balaban J connectivity index is 2.20. The molecule has 0 saturated carbocycles. The molecule has 1 aromatic heterocycles. The lowest BCUT2D eigenvalue weighted by Gasteiger charge is -2.38. The van der Waals surface area contributed by atoms with E-state index in [1.54, 1.807) is 6.20 Å². The van der Waals surface area contributed by atoms with Crippen LogP contribution < -0.4 is 10.6 Å². The summed E-state index contributed by atoms with van der Waals surface area (Å²) in [5.74, 6) is 0. The van der Waals surface area contributed by atoms with Crippen LogP contribution in [-0.2, 0) is 0 Å². The molecular formula is C12H16N4. The Morgan fingerprint density at radius 2 is 2.44 bits per heavy atom. The molecule has 1 fully saturated rings. The highest BCUT2D eigenvalue weighted by Crippen LogP contribution is 2.24. The van der Waals surface area contributed by atoms with Crippen LogP contribution in [0.3, 0.4) is 0 Å². The summed E-state index contributed by atoms with van der Waals surface area (Å²) in [6.45, 7) is 3.13. The summed E-state index contributed by atoms with van der Waals surface area (Å²) < 4.78 is 0. The van der Waals surface area contributed by atoms with Gasteiger partial charge < -0.3 is 10.6 Å². The van der Waals surface area contributed by atoms with Crippen LogP contribution in [0.5, 0.6) is 0 Å². The Morgan fingerprint density at radius 3 is 3.12 bits per heavy atom. The number of hydrogen-bond donors (Lipinski definition) is 1. The average molecular weight is 216 g/mol. The van der Waals surface area contributed by atoms with Crippen molar-refractivity contribution >= 4 is 5.69 Å². The van der Waals surface area contributed by atoms with E-state index in [1.807, 2.05) is 12.1 Å². The first-order valence-corrected chi connectivity index (χ1v) is 5.59. The Bertz CT molecular complexity index is 410. The third-order valence-electron chi connectivity index (χ3n) is 3.11. The van der Waals surface area contributed by atoms with Gasteiger partial charge in [-0.2, -0.15) is 5.26 Å². The second-order valence-electron chi connectivity index (χ2n) is 4.34. The summed E-state index contributed by atoms with van der Waals surface area (Å²) in [7, 11) is 0. The topological polar surface area (TPSA) is 65.9 Å². The Labute approximate surface area is 95.7 Å². The maximum Gasteiger partial charge on any atom is 0.142 e. The summed E-state index contributed by atoms with van der Waals surface area (Å²) in [5, 5.41) is 8.82. The molecule has 2 unspecified atom stereocenters. The lowest BCUT2D eigenvalue weighted by molar-refractivity contribution is 0.429. The quantitative estimate of drug-likeness (QED) is 0.767. The number of rotatable bonds is 1. The van der Waals surface area contributed by atoms with Gasteiger partial charge in [0, 0.05) is 30.5 Å². The summed E-state index contributed by atoms with van der Waals surface area (Å²) in [5.41, 5.74) is 7.48. The number of pyridine rings is 1. The van der Waals surface area contributed by atoms with Crippen molar-refractivity contribution in [3.05, 3.63) is 24.0 Å². The molecule has 0 radical (unpaired) electrons. The predicted molar refractivity (Wildman–Crippen MR) is 63.0 cm³/mol. The number of aromatic nitrogens is 1. The van der Waals surface area contributed by atoms with Gasteiger partial charge in [0.1, 0.15) is 11.8 Å². The number of anilines is 1. The zero-order chi connectivity index (χ0) is 11.5. The summed E-state index contributed by atoms with van der Waals surface area (Å²) >= 11 is 0. The molecule has 2 rings (SSSR count). The monoisotopic (exact) mass is 216 g/mol. The van der Waals surface area contributed by atoms with Gasteiger partial charge >= 0.3 is 0 Å². The summed E-state index contributed by atoms with van der Waals surface area (Å²) in [6, 6.07) is 6.60. The van der Waals surface area contributed by atoms with Gasteiger partial charge in [0.2, 0.25) is 0 Å². The van der Waals surface area contributed by atoms with Gasteiger partial charge in [0.25, 0.3) is 0 Å². The maximum atomic E-state index is 8.82. The molecule has 2 heterocycles. The molecule has 1 saturated heterocycles. The minimum absolute atomic E-state index is 0.309. The second-order valence-corrected chi connectivity index (χ2v) is 4.34. The minimum Gasteiger partial charge on any atom is -0.369 e. The number of hydrogen-bond acceptors (Lipinski definition) is 4. The lowest BCUT2D eigenvalue weighted by Crippen LogP contribution is -2.45. The maximum absolute atomic E-state index is 8.82. The van der Waals surface area contributed by atoms with E-state index in [1.165, 1.54) is 0 Å². The Kier molecular flexibility index (Phi) is 3.07. The van der Waals surface area contributed by atoms with Crippen molar-refractivity contribution in [1.82, 2.24) is 4.98 Å². The van der Waals surface area contributed by atoms with Crippen molar-refractivity contribution < 1.29 is 0 Å². The number of nitrogens with zero attached hydrogens (tertiary/aromatic N) is 3. The third-order valence-corrected chi connectivity index (χ3v) is 3.11. The molecule has 0 spiro atoms. The molecule has 16 heavy (non-hydrogen) atoms. The number of piperidine rings is 1. The van der Waals surface area contributed by atoms with Gasteiger partial charge in [0.05, 0.1) is 0 Å². The first-order chi connectivity index (χ1) is 7.70. The van der Waals surface area contributed by atoms with Crippen molar-refractivity contribution in [2.45, 2.75) is 31.8 Å². The van der Waals surface area contributed by atoms with Gasteiger partial charge in [-0.15, -0.1) is 0 Å². The van der Waals surface area contributed by atoms with Crippen LogP contribution in [0.4, 0.5) is 5.69 Å². The third kappa shape index (κ3) is 2.15. The van der Waals surface area contributed by atoms with Crippen molar-refractivity contribution in [3.8, 4) is 6.07 Å². The highest BCUT2D eigenvalue weighted by Gasteiger charge is 2.23. The summed E-state index contributed by atoms with van der Waals surface area (Å²) in [6.07, 6.45) is 3.70. The van der Waals surface area contributed by atoms with Crippen LogP contribution in [0.25, 0.3) is 0 Å². The standard InChI is InChI=1S/C12H16N4/c1-9-6-10(14)3-5-16(9)12-2-4-15-11(7-12)8-13/h2,4,7,9-10H,3,5-6,14H2,1H3. The molecule has 84 valence electrons. The lowest BCUT2D eigenvalue weighted by atomic mass is 9.98. The largest absolute Gasteiger partial charge is 0.369 e. The van der Waals surface area contributed by atoms with E-state index in [9.17, 15) is 0 Å². The molecule has 1 aliphatic rings. The van der Waals surface area contributed by atoms with Crippen LogP contribution >= 0.6 is 0 Å². The molecule has 4 heteroatoms. The second kappa shape index (κ2) is 4.50. The van der Waals surface area contributed by atoms with Crippen LogP contribution in [0.1, 0.15) is 25.5 Å². The molecule has 2 N–H and O–H groups in total. The normalized spacial score (nSPS) is 25.2. The molecule has 2 atom stereocenters. The van der Waals surface area contributed by atoms with Gasteiger partial charge in [-0.1, -0.05) is 0 Å². The fraction of sp³-hybridized carbons (Fsp3) is 0.500. The molecule has 0 bridgehead atoms. The molecule has 0 aliphatic carbocycles. The summed E-state index contributed by atoms with van der Waals surface area (Å²) in [4.78, 5) is 6.28. The first kappa shape index (κ1) is 10.9. The number of nitrogens with two attached hydrogens (primary N) is 1. The fourth-order valence-electron chi connectivity index (χ4n) is 2.25. The first-order valence-electron chi connectivity index (χ1n) is 5.59. The molecule has 1 aromatic rings. The molecule has 0 aromatic carbocycles. The van der Waals surface area contributed by atoms with E-state index < -0.39 is 0 Å². The molecule has 1 aliphatic heterocycles. The average Bonchev–Trinajstić information content (AvgIpc) is 2.29. The van der Waals surface area contributed by atoms with E-state index in [0.29, 0.717) is 17.8 Å². The zero-order valence-corrected chi connectivity index (χ0v) is 9.43. The molecule has 0 amide bonds. The highest BCUT2D eigenvalue weighted by atomic mass is 15.2. The highest BCUT2D eigenvalue weighted by molar-refractivity contribution is 5.50. The van der Waals surface area contributed by atoms with E-state index in [2.05, 4.69) is 22.9 Å². The minimum atomic E-state index is 0.309. The van der Waals surface area contributed by atoms with Crippen LogP contribution in [-0.4, -0.2) is 23.6 Å². The van der Waals surface area contributed by atoms with Crippen LogP contribution in [0, 0.1) is 11.3 Å². The Morgan fingerprint density at radius 1 is 1.62 bits per heavy atom. The van der Waals surface area contributed by atoms with Crippen molar-refractivity contribution in [2.75, 3.05) is 11.4 Å². The SMILES string of the molecule is CC1CC(N)CCN1c1ccnc(C#N)c1. The van der Waals surface area contributed by atoms with Crippen LogP contribution in [0.2, 0.25) is 0 Å². The van der Waals surface area contributed by atoms with Gasteiger partial charge in [-0.25, -0.2) is 4.98 Å². The van der Waals surface area contributed by atoms with Gasteiger partial charge in [-0.05, 0) is 31.9 Å². The van der Waals surface area contributed by atoms with E-state index in [-0.39, 0.29) is 0 Å². The molecule has 4 nitrogen and oxygen atoms in total. The predicted octanol–water partition coefficient (Wildman–Crippen LogP) is 1.27. The van der Waals surface area contributed by atoms with Gasteiger partial charge in [0.15, 0.2) is 0 Å². The molecular weight excluding hydrogens is 200 g/mol. The van der Waals surface area contributed by atoms with Crippen LogP contribution in [0.15, 0.2) is 18.3 Å². The van der Waals surface area contributed by atoms with E-state index in [0.717, 1.165) is 25.1 Å². The van der Waals surface area contributed by atoms with Crippen molar-refractivity contribution in [2.24, 2.45) is 5.73 Å². The van der Waals surface area contributed by atoms with Crippen molar-refractivity contribution in [3.63, 3.8) is 0 Å². The van der Waals surface area contributed by atoms with Gasteiger partial charge in [-0.3, -0.25) is 0 Å². The zero-order valence-electron chi connectivity index (χ0n) is 9.43. The number of nitriles is 1. The Hall–Kier alpha value is -1.60.